The number of ether oxygens (including phenoxy) is 1. The highest BCUT2D eigenvalue weighted by molar-refractivity contribution is 6.31. The van der Waals surface area contributed by atoms with Crippen LogP contribution >= 0.6 is 11.6 Å². The minimum absolute atomic E-state index is 0.0782. The van der Waals surface area contributed by atoms with Gasteiger partial charge in [0.05, 0.1) is 30.2 Å². The van der Waals surface area contributed by atoms with Crippen molar-refractivity contribution in [2.45, 2.75) is 32.0 Å². The second-order valence-corrected chi connectivity index (χ2v) is 8.51. The highest BCUT2D eigenvalue weighted by Crippen LogP contribution is 2.27. The zero-order valence-electron chi connectivity index (χ0n) is 17.2. The van der Waals surface area contributed by atoms with Crippen molar-refractivity contribution in [3.8, 4) is 0 Å². The van der Waals surface area contributed by atoms with Crippen LogP contribution in [0.1, 0.15) is 18.4 Å². The number of hydrogen-bond acceptors (Lipinski definition) is 5. The predicted molar refractivity (Wildman–Crippen MR) is 124 cm³/mol. The number of nitrogens with zero attached hydrogens (tertiary/aromatic N) is 5. The van der Waals surface area contributed by atoms with E-state index in [0.29, 0.717) is 40.3 Å². The molecule has 0 unspecified atom stereocenters. The first-order valence-corrected chi connectivity index (χ1v) is 11.1. The summed E-state index contributed by atoms with van der Waals surface area (Å²) in [6.07, 6.45) is 3.67. The van der Waals surface area contributed by atoms with Crippen molar-refractivity contribution in [2.24, 2.45) is 0 Å². The van der Waals surface area contributed by atoms with E-state index in [1.54, 1.807) is 10.9 Å². The second kappa shape index (κ2) is 7.69. The van der Waals surface area contributed by atoms with Gasteiger partial charge in [0.15, 0.2) is 11.3 Å². The van der Waals surface area contributed by atoms with E-state index in [9.17, 15) is 4.79 Å². The van der Waals surface area contributed by atoms with Crippen molar-refractivity contribution >= 4 is 44.8 Å². The van der Waals surface area contributed by atoms with E-state index < -0.39 is 0 Å². The maximum Gasteiger partial charge on any atom is 0.265 e. The molecule has 0 aliphatic carbocycles. The number of halogens is 1. The Bertz CT molecular complexity index is 1530. The molecule has 1 aliphatic rings. The van der Waals surface area contributed by atoms with Crippen LogP contribution in [0.3, 0.4) is 0 Å². The van der Waals surface area contributed by atoms with E-state index in [2.05, 4.69) is 4.98 Å². The van der Waals surface area contributed by atoms with Crippen LogP contribution in [0.15, 0.2) is 59.7 Å². The first kappa shape index (κ1) is 19.4. The van der Waals surface area contributed by atoms with Crippen LogP contribution in [0.2, 0.25) is 5.02 Å². The number of hydrogen-bond donors (Lipinski definition) is 0. The van der Waals surface area contributed by atoms with Crippen molar-refractivity contribution in [1.82, 2.24) is 24.1 Å². The van der Waals surface area contributed by atoms with Crippen LogP contribution in [0.25, 0.3) is 33.2 Å². The van der Waals surface area contributed by atoms with Crippen LogP contribution in [-0.4, -0.2) is 36.8 Å². The molecule has 4 heterocycles. The molecule has 6 rings (SSSR count). The number of aromatic nitrogens is 5. The molecule has 32 heavy (non-hydrogen) atoms. The SMILES string of the molecule is O=c1c2c3nc4ccccc4nc3n(C[C@H]3CCCO3)c2ncn1Cc1ccccc1Cl. The number of para-hydroxylation sites is 2. The Morgan fingerprint density at radius 3 is 2.59 bits per heavy atom. The van der Waals surface area contributed by atoms with E-state index >= 15 is 0 Å². The quantitative estimate of drug-likeness (QED) is 0.415. The third kappa shape index (κ3) is 3.16. The molecule has 1 aliphatic heterocycles. The summed E-state index contributed by atoms with van der Waals surface area (Å²) in [7, 11) is 0. The molecule has 0 spiro atoms. The summed E-state index contributed by atoms with van der Waals surface area (Å²) in [5.74, 6) is 0. The van der Waals surface area contributed by atoms with Crippen molar-refractivity contribution in [3.05, 3.63) is 75.8 Å². The molecule has 0 radical (unpaired) electrons. The number of rotatable bonds is 4. The van der Waals surface area contributed by atoms with Crippen LogP contribution in [0.5, 0.6) is 0 Å². The summed E-state index contributed by atoms with van der Waals surface area (Å²) in [4.78, 5) is 28.0. The monoisotopic (exact) mass is 445 g/mol. The van der Waals surface area contributed by atoms with Gasteiger partial charge in [0.25, 0.3) is 5.56 Å². The van der Waals surface area contributed by atoms with E-state index in [1.165, 1.54) is 0 Å². The van der Waals surface area contributed by atoms with Crippen molar-refractivity contribution in [3.63, 3.8) is 0 Å². The van der Waals surface area contributed by atoms with Crippen LogP contribution in [0.4, 0.5) is 0 Å². The van der Waals surface area contributed by atoms with Gasteiger partial charge >= 0.3 is 0 Å². The molecule has 0 bridgehead atoms. The van der Waals surface area contributed by atoms with E-state index in [1.807, 2.05) is 53.1 Å². The van der Waals surface area contributed by atoms with Gasteiger partial charge in [0, 0.05) is 11.6 Å². The zero-order chi connectivity index (χ0) is 21.7. The van der Waals surface area contributed by atoms with Gasteiger partial charge in [0.2, 0.25) is 0 Å². The van der Waals surface area contributed by atoms with Gasteiger partial charge in [0.1, 0.15) is 17.2 Å². The molecule has 1 saturated heterocycles. The minimum atomic E-state index is -0.157. The molecule has 160 valence electrons. The Labute approximate surface area is 188 Å². The average molecular weight is 446 g/mol. The maximum atomic E-state index is 13.6. The lowest BCUT2D eigenvalue weighted by molar-refractivity contribution is 0.0987. The fourth-order valence-corrected chi connectivity index (χ4v) is 4.62. The summed E-state index contributed by atoms with van der Waals surface area (Å²) in [6.45, 7) is 1.68. The Kier molecular flexibility index (Phi) is 4.66. The van der Waals surface area contributed by atoms with Crippen molar-refractivity contribution in [1.29, 1.82) is 0 Å². The molecular formula is C24H20ClN5O2. The number of benzene rings is 2. The second-order valence-electron chi connectivity index (χ2n) is 8.10. The highest BCUT2D eigenvalue weighted by atomic mass is 35.5. The molecule has 0 saturated carbocycles. The van der Waals surface area contributed by atoms with Gasteiger partial charge < -0.3 is 9.30 Å². The smallest absolute Gasteiger partial charge is 0.265 e. The topological polar surface area (TPSA) is 74.8 Å². The minimum Gasteiger partial charge on any atom is -0.376 e. The molecule has 1 atom stereocenters. The number of fused-ring (bicyclic) bond motifs is 4. The Morgan fingerprint density at radius 2 is 1.81 bits per heavy atom. The molecule has 7 nitrogen and oxygen atoms in total. The summed E-state index contributed by atoms with van der Waals surface area (Å²) in [6, 6.07) is 15.2. The molecule has 8 heteroatoms. The Balaban J connectivity index is 1.60. The largest absolute Gasteiger partial charge is 0.376 e. The first-order valence-electron chi connectivity index (χ1n) is 10.7. The molecule has 0 amide bonds. The van der Waals surface area contributed by atoms with Gasteiger partial charge in [-0.1, -0.05) is 41.9 Å². The summed E-state index contributed by atoms with van der Waals surface area (Å²) >= 11 is 6.33. The lowest BCUT2D eigenvalue weighted by Crippen LogP contribution is -2.22. The van der Waals surface area contributed by atoms with Gasteiger partial charge in [-0.3, -0.25) is 9.36 Å². The van der Waals surface area contributed by atoms with Crippen LogP contribution in [0, 0.1) is 0 Å². The standard InChI is InChI=1S/C24H20ClN5O2/c25-17-8-2-1-6-15(17)12-29-14-26-22-20(24(29)31)21-23(30(22)13-16-7-5-11-32-16)28-19-10-4-3-9-18(19)27-21/h1-4,6,8-10,14,16H,5,7,11-13H2/t16-/m1/s1. The lowest BCUT2D eigenvalue weighted by atomic mass is 10.2. The normalized spacial score (nSPS) is 16.5. The average Bonchev–Trinajstić information content (AvgIpc) is 3.43. The third-order valence-corrected chi connectivity index (χ3v) is 6.40. The maximum absolute atomic E-state index is 13.6. The van der Waals surface area contributed by atoms with Gasteiger partial charge in [-0.2, -0.15) is 0 Å². The molecule has 1 fully saturated rings. The highest BCUT2D eigenvalue weighted by Gasteiger charge is 2.24. The van der Waals surface area contributed by atoms with Crippen molar-refractivity contribution < 1.29 is 4.74 Å². The van der Waals surface area contributed by atoms with E-state index in [0.717, 1.165) is 36.0 Å². The van der Waals surface area contributed by atoms with Gasteiger partial charge in [-0.25, -0.2) is 15.0 Å². The molecular weight excluding hydrogens is 426 g/mol. The lowest BCUT2D eigenvalue weighted by Gasteiger charge is -2.12. The third-order valence-electron chi connectivity index (χ3n) is 6.03. The summed E-state index contributed by atoms with van der Waals surface area (Å²) in [5.41, 5.74) is 4.06. The van der Waals surface area contributed by atoms with Crippen LogP contribution < -0.4 is 5.56 Å². The van der Waals surface area contributed by atoms with Gasteiger partial charge in [-0.15, -0.1) is 0 Å². The fourth-order valence-electron chi connectivity index (χ4n) is 4.43. The van der Waals surface area contributed by atoms with Crippen LogP contribution in [-0.2, 0) is 17.8 Å². The molecule has 5 aromatic rings. The first-order chi connectivity index (χ1) is 15.7. The van der Waals surface area contributed by atoms with Crippen molar-refractivity contribution in [2.75, 3.05) is 6.61 Å². The molecule has 3 aromatic heterocycles. The zero-order valence-corrected chi connectivity index (χ0v) is 18.0. The molecule has 0 N–H and O–H groups in total. The van der Waals surface area contributed by atoms with Gasteiger partial charge in [-0.05, 0) is 36.6 Å². The Hall–Kier alpha value is -3.29. The summed E-state index contributed by atoms with van der Waals surface area (Å²) in [5, 5.41) is 1.09. The fraction of sp³-hybridized carbons (Fsp3) is 0.250. The summed E-state index contributed by atoms with van der Waals surface area (Å²) < 4.78 is 9.43. The molecule has 2 aromatic carbocycles. The Morgan fingerprint density at radius 1 is 1.03 bits per heavy atom. The van der Waals surface area contributed by atoms with E-state index in [-0.39, 0.29) is 11.7 Å². The predicted octanol–water partition coefficient (Wildman–Crippen LogP) is 4.18. The van der Waals surface area contributed by atoms with E-state index in [4.69, 9.17) is 26.3 Å².